The van der Waals surface area contributed by atoms with Crippen molar-refractivity contribution in [3.05, 3.63) is 12.2 Å². The summed E-state index contributed by atoms with van der Waals surface area (Å²) in [7, 11) is 0. The molecular formula is C10H18N2O4S2. The first-order valence-electron chi connectivity index (χ1n) is 5.22. The van der Waals surface area contributed by atoms with Crippen molar-refractivity contribution in [2.24, 2.45) is 11.5 Å². The van der Waals surface area contributed by atoms with E-state index in [0.717, 1.165) is 0 Å². The van der Waals surface area contributed by atoms with Crippen molar-refractivity contribution in [1.82, 2.24) is 0 Å². The Morgan fingerprint density at radius 2 is 1.28 bits per heavy atom. The Bertz CT molecular complexity index is 272. The third-order valence-corrected chi connectivity index (χ3v) is 3.87. The minimum absolute atomic E-state index is 0.372. The standard InChI is InChI=1S/C10H18N2O4S2/c11-7(9(13)14)5-17-3-1-2-4-18-6-8(12)10(15)16/h1-2,7-8H,3-6,11-12H2,(H,13,14)(H,15,16)/t7-,8-/m0/s1. The van der Waals surface area contributed by atoms with Crippen molar-refractivity contribution in [3.63, 3.8) is 0 Å². The molecule has 0 radical (unpaired) electrons. The summed E-state index contributed by atoms with van der Waals surface area (Å²) < 4.78 is 0. The highest BCUT2D eigenvalue weighted by molar-refractivity contribution is 7.99. The van der Waals surface area contributed by atoms with Crippen LogP contribution < -0.4 is 11.5 Å². The van der Waals surface area contributed by atoms with Gasteiger partial charge in [-0.2, -0.15) is 23.5 Å². The Morgan fingerprint density at radius 1 is 0.944 bits per heavy atom. The maximum absolute atomic E-state index is 10.4. The molecular weight excluding hydrogens is 276 g/mol. The molecule has 0 rings (SSSR count). The smallest absolute Gasteiger partial charge is 0.321 e. The van der Waals surface area contributed by atoms with Crippen LogP contribution in [0.1, 0.15) is 0 Å². The zero-order valence-corrected chi connectivity index (χ0v) is 11.5. The summed E-state index contributed by atoms with van der Waals surface area (Å²) in [5, 5.41) is 17.1. The van der Waals surface area contributed by atoms with E-state index in [0.29, 0.717) is 23.0 Å². The van der Waals surface area contributed by atoms with Gasteiger partial charge in [0.2, 0.25) is 0 Å². The summed E-state index contributed by atoms with van der Waals surface area (Å²) in [6, 6.07) is -1.65. The second-order valence-corrected chi connectivity index (χ2v) is 5.59. The van der Waals surface area contributed by atoms with Gasteiger partial charge in [0.15, 0.2) is 0 Å². The van der Waals surface area contributed by atoms with Gasteiger partial charge in [0.05, 0.1) is 0 Å². The average molecular weight is 294 g/mol. The lowest BCUT2D eigenvalue weighted by Gasteiger charge is -2.04. The topological polar surface area (TPSA) is 127 Å². The first kappa shape index (κ1) is 17.3. The Balaban J connectivity index is 3.44. The number of rotatable bonds is 10. The fraction of sp³-hybridized carbons (Fsp3) is 0.600. The van der Waals surface area contributed by atoms with Gasteiger partial charge in [-0.3, -0.25) is 9.59 Å². The predicted octanol–water partition coefficient (Wildman–Crippen LogP) is -0.167. The maximum Gasteiger partial charge on any atom is 0.321 e. The van der Waals surface area contributed by atoms with Crippen LogP contribution in [0.5, 0.6) is 0 Å². The first-order chi connectivity index (χ1) is 8.45. The van der Waals surface area contributed by atoms with E-state index in [1.54, 1.807) is 0 Å². The van der Waals surface area contributed by atoms with Crippen LogP contribution in [0.25, 0.3) is 0 Å². The molecule has 0 aliphatic carbocycles. The number of hydrogen-bond donors (Lipinski definition) is 4. The fourth-order valence-electron chi connectivity index (χ4n) is 0.805. The predicted molar refractivity (Wildman–Crippen MR) is 75.0 cm³/mol. The third-order valence-electron chi connectivity index (χ3n) is 1.82. The van der Waals surface area contributed by atoms with Crippen LogP contribution in [0.2, 0.25) is 0 Å². The largest absolute Gasteiger partial charge is 0.480 e. The second-order valence-electron chi connectivity index (χ2n) is 3.44. The maximum atomic E-state index is 10.4. The number of aliphatic carboxylic acids is 2. The minimum atomic E-state index is -0.996. The lowest BCUT2D eigenvalue weighted by atomic mass is 10.4. The van der Waals surface area contributed by atoms with E-state index < -0.39 is 24.0 Å². The molecule has 8 heteroatoms. The summed E-state index contributed by atoms with van der Waals surface area (Å²) in [6.07, 6.45) is 3.80. The molecule has 0 heterocycles. The van der Waals surface area contributed by atoms with Gasteiger partial charge in [-0.1, -0.05) is 12.2 Å². The van der Waals surface area contributed by atoms with Gasteiger partial charge in [-0.15, -0.1) is 0 Å². The SMILES string of the molecule is N[C@@H](CSCC=CCSC[C@H](N)C(=O)O)C(=O)O. The molecule has 0 fully saturated rings. The molecule has 0 spiro atoms. The molecule has 0 aromatic rings. The van der Waals surface area contributed by atoms with E-state index in [2.05, 4.69) is 0 Å². The van der Waals surface area contributed by atoms with E-state index in [1.165, 1.54) is 23.5 Å². The number of carboxylic acid groups (broad SMARTS) is 2. The summed E-state index contributed by atoms with van der Waals surface area (Å²) in [4.78, 5) is 20.8. The molecule has 6 nitrogen and oxygen atoms in total. The van der Waals surface area contributed by atoms with Gasteiger partial charge < -0.3 is 21.7 Å². The number of carboxylic acids is 2. The highest BCUT2D eigenvalue weighted by Crippen LogP contribution is 2.05. The molecule has 18 heavy (non-hydrogen) atoms. The van der Waals surface area contributed by atoms with E-state index >= 15 is 0 Å². The van der Waals surface area contributed by atoms with Crippen molar-refractivity contribution in [1.29, 1.82) is 0 Å². The van der Waals surface area contributed by atoms with E-state index in [4.69, 9.17) is 21.7 Å². The quantitative estimate of drug-likeness (QED) is 0.323. The third kappa shape index (κ3) is 9.34. The molecule has 0 amide bonds. The zero-order chi connectivity index (χ0) is 14.0. The van der Waals surface area contributed by atoms with Crippen molar-refractivity contribution in [2.45, 2.75) is 12.1 Å². The van der Waals surface area contributed by atoms with Crippen LogP contribution in [0.3, 0.4) is 0 Å². The molecule has 2 atom stereocenters. The Hall–Kier alpha value is -0.700. The minimum Gasteiger partial charge on any atom is -0.480 e. The van der Waals surface area contributed by atoms with Crippen LogP contribution in [0.15, 0.2) is 12.2 Å². The molecule has 0 aromatic carbocycles. The highest BCUT2D eigenvalue weighted by Gasteiger charge is 2.10. The molecule has 0 bridgehead atoms. The van der Waals surface area contributed by atoms with E-state index in [9.17, 15) is 9.59 Å². The Morgan fingerprint density at radius 3 is 1.56 bits per heavy atom. The normalized spacial score (nSPS) is 14.6. The van der Waals surface area contributed by atoms with Gasteiger partial charge in [-0.25, -0.2) is 0 Å². The molecule has 0 aromatic heterocycles. The first-order valence-corrected chi connectivity index (χ1v) is 7.53. The Kier molecular flexibility index (Phi) is 9.85. The average Bonchev–Trinajstić information content (AvgIpc) is 2.31. The molecule has 0 saturated carbocycles. The molecule has 104 valence electrons. The van der Waals surface area contributed by atoms with E-state index in [-0.39, 0.29) is 0 Å². The molecule has 0 saturated heterocycles. The molecule has 6 N–H and O–H groups in total. The number of nitrogens with two attached hydrogens (primary N) is 2. The number of thioether (sulfide) groups is 2. The highest BCUT2D eigenvalue weighted by atomic mass is 32.2. The zero-order valence-electron chi connectivity index (χ0n) is 9.82. The molecule has 0 unspecified atom stereocenters. The van der Waals surface area contributed by atoms with Crippen LogP contribution in [0, 0.1) is 0 Å². The number of hydrogen-bond acceptors (Lipinski definition) is 6. The second kappa shape index (κ2) is 10.2. The van der Waals surface area contributed by atoms with Crippen LogP contribution in [0.4, 0.5) is 0 Å². The molecule has 0 aliphatic heterocycles. The van der Waals surface area contributed by atoms with Crippen LogP contribution >= 0.6 is 23.5 Å². The lowest BCUT2D eigenvalue weighted by Crippen LogP contribution is -2.32. The van der Waals surface area contributed by atoms with E-state index in [1.807, 2.05) is 12.2 Å². The Labute approximate surface area is 114 Å². The van der Waals surface area contributed by atoms with Gasteiger partial charge in [-0.05, 0) is 0 Å². The van der Waals surface area contributed by atoms with Crippen molar-refractivity contribution < 1.29 is 19.8 Å². The summed E-state index contributed by atoms with van der Waals surface area (Å²) >= 11 is 2.88. The van der Waals surface area contributed by atoms with Crippen molar-refractivity contribution in [3.8, 4) is 0 Å². The van der Waals surface area contributed by atoms with Gasteiger partial charge in [0.25, 0.3) is 0 Å². The monoisotopic (exact) mass is 294 g/mol. The summed E-state index contributed by atoms with van der Waals surface area (Å²) in [5.74, 6) is 0.126. The lowest BCUT2D eigenvalue weighted by molar-refractivity contribution is -0.138. The van der Waals surface area contributed by atoms with Crippen LogP contribution in [-0.4, -0.2) is 57.2 Å². The van der Waals surface area contributed by atoms with Gasteiger partial charge in [0.1, 0.15) is 12.1 Å². The van der Waals surface area contributed by atoms with Crippen molar-refractivity contribution >= 4 is 35.5 Å². The summed E-state index contributed by atoms with van der Waals surface area (Å²) in [6.45, 7) is 0. The fourth-order valence-corrected chi connectivity index (χ4v) is 2.41. The summed E-state index contributed by atoms with van der Waals surface area (Å²) in [5.41, 5.74) is 10.6. The molecule has 0 aliphatic rings. The van der Waals surface area contributed by atoms with Crippen LogP contribution in [-0.2, 0) is 9.59 Å². The van der Waals surface area contributed by atoms with Gasteiger partial charge in [0, 0.05) is 23.0 Å². The number of carbonyl (C=O) groups is 2. The van der Waals surface area contributed by atoms with Gasteiger partial charge >= 0.3 is 11.9 Å². The van der Waals surface area contributed by atoms with Crippen molar-refractivity contribution in [2.75, 3.05) is 23.0 Å².